The minimum absolute atomic E-state index is 0.0645. The topological polar surface area (TPSA) is 73.7 Å². The summed E-state index contributed by atoms with van der Waals surface area (Å²) in [5, 5.41) is 18.8. The highest BCUT2D eigenvalue weighted by atomic mass is 16.4. The zero-order chi connectivity index (χ0) is 16.3. The summed E-state index contributed by atoms with van der Waals surface area (Å²) in [6, 6.07) is 9.51. The number of aliphatic hydroxyl groups is 1. The summed E-state index contributed by atoms with van der Waals surface area (Å²) in [6.07, 6.45) is 0. The molecule has 0 unspecified atom stereocenters. The lowest BCUT2D eigenvalue weighted by molar-refractivity contribution is 0.0698. The van der Waals surface area contributed by atoms with Crippen LogP contribution in [0.2, 0.25) is 0 Å². The number of nitrogens with zero attached hydrogens (tertiary/aromatic N) is 2. The van der Waals surface area contributed by atoms with Gasteiger partial charge in [-0.05, 0) is 25.5 Å². The Balaban J connectivity index is 2.70. The van der Waals surface area contributed by atoms with Crippen molar-refractivity contribution in [3.8, 4) is 11.1 Å². The molecule has 0 saturated carbocycles. The highest BCUT2D eigenvalue weighted by Gasteiger charge is 2.21. The first-order valence-corrected chi connectivity index (χ1v) is 7.08. The van der Waals surface area contributed by atoms with Gasteiger partial charge >= 0.3 is 5.97 Å². The average Bonchev–Trinajstić information content (AvgIpc) is 2.46. The van der Waals surface area contributed by atoms with Gasteiger partial charge in [0.2, 0.25) is 0 Å². The second-order valence-corrected chi connectivity index (χ2v) is 5.33. The molecule has 0 atom stereocenters. The second kappa shape index (κ2) is 6.58. The Bertz CT molecular complexity index is 698. The van der Waals surface area contributed by atoms with E-state index in [4.69, 9.17) is 5.11 Å². The van der Waals surface area contributed by atoms with Crippen LogP contribution >= 0.6 is 0 Å². The van der Waals surface area contributed by atoms with E-state index in [2.05, 4.69) is 4.98 Å². The first kappa shape index (κ1) is 16.0. The van der Waals surface area contributed by atoms with E-state index in [1.165, 1.54) is 0 Å². The van der Waals surface area contributed by atoms with Crippen molar-refractivity contribution in [2.45, 2.75) is 13.8 Å². The Morgan fingerprint density at radius 3 is 2.59 bits per heavy atom. The van der Waals surface area contributed by atoms with Crippen molar-refractivity contribution < 1.29 is 15.0 Å². The van der Waals surface area contributed by atoms with Gasteiger partial charge < -0.3 is 15.1 Å². The summed E-state index contributed by atoms with van der Waals surface area (Å²) >= 11 is 0. The maximum absolute atomic E-state index is 11.8. The number of pyridine rings is 1. The SMILES string of the molecule is Cc1cccc(-c2cc(C)nc(N(C)CCO)c2C(=O)O)c1. The summed E-state index contributed by atoms with van der Waals surface area (Å²) < 4.78 is 0. The fraction of sp³-hybridized carbons (Fsp3) is 0.294. The number of rotatable bonds is 5. The van der Waals surface area contributed by atoms with Crippen LogP contribution < -0.4 is 4.90 Å². The fourth-order valence-electron chi connectivity index (χ4n) is 2.44. The highest BCUT2D eigenvalue weighted by Crippen LogP contribution is 2.31. The standard InChI is InChI=1S/C17H20N2O3/c1-11-5-4-6-13(9-11)14-10-12(2)18-16(15(14)17(21)22)19(3)7-8-20/h4-6,9-10,20H,7-8H2,1-3H3,(H,21,22). The smallest absolute Gasteiger partial charge is 0.340 e. The molecule has 0 amide bonds. The molecule has 0 bridgehead atoms. The summed E-state index contributed by atoms with van der Waals surface area (Å²) in [5.41, 5.74) is 3.45. The van der Waals surface area contributed by atoms with Crippen LogP contribution in [0.5, 0.6) is 0 Å². The number of aromatic nitrogens is 1. The van der Waals surface area contributed by atoms with E-state index in [9.17, 15) is 9.90 Å². The van der Waals surface area contributed by atoms with Crippen LogP contribution in [0, 0.1) is 13.8 Å². The van der Waals surface area contributed by atoms with Gasteiger partial charge in [-0.15, -0.1) is 0 Å². The summed E-state index contributed by atoms with van der Waals surface area (Å²) in [5.74, 6) is -0.651. The molecule has 2 aromatic rings. The lowest BCUT2D eigenvalue weighted by Crippen LogP contribution is -2.25. The molecule has 1 heterocycles. The Kier molecular flexibility index (Phi) is 4.78. The molecule has 2 N–H and O–H groups in total. The molecule has 0 aliphatic rings. The first-order chi connectivity index (χ1) is 10.4. The van der Waals surface area contributed by atoms with Crippen molar-refractivity contribution in [3.63, 3.8) is 0 Å². The van der Waals surface area contributed by atoms with E-state index in [0.717, 1.165) is 16.8 Å². The van der Waals surface area contributed by atoms with E-state index in [1.807, 2.05) is 38.1 Å². The van der Waals surface area contributed by atoms with Gasteiger partial charge in [-0.25, -0.2) is 9.78 Å². The van der Waals surface area contributed by atoms with Gasteiger partial charge in [-0.2, -0.15) is 0 Å². The van der Waals surface area contributed by atoms with Crippen molar-refractivity contribution in [2.75, 3.05) is 25.1 Å². The number of anilines is 1. The fourth-order valence-corrected chi connectivity index (χ4v) is 2.44. The number of benzene rings is 1. The van der Waals surface area contributed by atoms with Gasteiger partial charge in [-0.3, -0.25) is 0 Å². The van der Waals surface area contributed by atoms with Crippen molar-refractivity contribution >= 4 is 11.8 Å². The molecular weight excluding hydrogens is 280 g/mol. The maximum Gasteiger partial charge on any atom is 0.340 e. The largest absolute Gasteiger partial charge is 0.478 e. The third kappa shape index (κ3) is 3.26. The predicted molar refractivity (Wildman–Crippen MR) is 86.5 cm³/mol. The highest BCUT2D eigenvalue weighted by molar-refractivity contribution is 6.01. The van der Waals surface area contributed by atoms with E-state index >= 15 is 0 Å². The molecule has 116 valence electrons. The van der Waals surface area contributed by atoms with Crippen LogP contribution in [-0.2, 0) is 0 Å². The molecule has 1 aromatic heterocycles. The Hall–Kier alpha value is -2.40. The number of carbonyl (C=O) groups is 1. The van der Waals surface area contributed by atoms with E-state index < -0.39 is 5.97 Å². The third-order valence-electron chi connectivity index (χ3n) is 3.47. The lowest BCUT2D eigenvalue weighted by Gasteiger charge is -2.21. The zero-order valence-corrected chi connectivity index (χ0v) is 13.0. The number of hydrogen-bond acceptors (Lipinski definition) is 4. The molecule has 22 heavy (non-hydrogen) atoms. The average molecular weight is 300 g/mol. The molecule has 5 heteroatoms. The van der Waals surface area contributed by atoms with Crippen LogP contribution in [0.1, 0.15) is 21.6 Å². The molecule has 0 radical (unpaired) electrons. The normalized spacial score (nSPS) is 10.5. The van der Waals surface area contributed by atoms with Gasteiger partial charge in [0.05, 0.1) is 6.61 Å². The molecule has 0 aliphatic carbocycles. The molecule has 0 saturated heterocycles. The molecular formula is C17H20N2O3. The van der Waals surface area contributed by atoms with Crippen molar-refractivity contribution in [1.82, 2.24) is 4.98 Å². The lowest BCUT2D eigenvalue weighted by atomic mass is 9.98. The number of carboxylic acid groups (broad SMARTS) is 1. The van der Waals surface area contributed by atoms with Crippen LogP contribution in [0.25, 0.3) is 11.1 Å². The van der Waals surface area contributed by atoms with Gasteiger partial charge in [0.1, 0.15) is 11.4 Å². The monoisotopic (exact) mass is 300 g/mol. The van der Waals surface area contributed by atoms with E-state index in [1.54, 1.807) is 18.0 Å². The number of likely N-dealkylation sites (N-methyl/N-ethyl adjacent to an activating group) is 1. The third-order valence-corrected chi connectivity index (χ3v) is 3.47. The van der Waals surface area contributed by atoms with E-state index in [0.29, 0.717) is 17.9 Å². The summed E-state index contributed by atoms with van der Waals surface area (Å²) in [4.78, 5) is 17.8. The molecule has 0 spiro atoms. The zero-order valence-electron chi connectivity index (χ0n) is 13.0. The number of carboxylic acids is 1. The summed E-state index contributed by atoms with van der Waals surface area (Å²) in [7, 11) is 1.73. The van der Waals surface area contributed by atoms with Crippen molar-refractivity contribution in [2.24, 2.45) is 0 Å². The van der Waals surface area contributed by atoms with E-state index in [-0.39, 0.29) is 12.2 Å². The quantitative estimate of drug-likeness (QED) is 0.887. The first-order valence-electron chi connectivity index (χ1n) is 7.08. The number of aliphatic hydroxyl groups excluding tert-OH is 1. The molecule has 2 rings (SSSR count). The Morgan fingerprint density at radius 1 is 1.27 bits per heavy atom. The predicted octanol–water partition coefficient (Wildman–Crippen LogP) is 2.49. The van der Waals surface area contributed by atoms with Crippen LogP contribution in [-0.4, -0.2) is 41.4 Å². The van der Waals surface area contributed by atoms with Gasteiger partial charge in [0, 0.05) is 24.8 Å². The minimum Gasteiger partial charge on any atom is -0.478 e. The Labute approximate surface area is 129 Å². The molecule has 0 fully saturated rings. The van der Waals surface area contributed by atoms with Crippen LogP contribution in [0.3, 0.4) is 0 Å². The van der Waals surface area contributed by atoms with Gasteiger partial charge in [-0.1, -0.05) is 29.8 Å². The van der Waals surface area contributed by atoms with Gasteiger partial charge in [0.25, 0.3) is 0 Å². The molecule has 1 aromatic carbocycles. The number of aromatic carboxylic acids is 1. The number of hydrogen-bond donors (Lipinski definition) is 2. The maximum atomic E-state index is 11.8. The van der Waals surface area contributed by atoms with Crippen LogP contribution in [0.4, 0.5) is 5.82 Å². The van der Waals surface area contributed by atoms with Crippen LogP contribution in [0.15, 0.2) is 30.3 Å². The summed E-state index contributed by atoms with van der Waals surface area (Å²) in [6.45, 7) is 4.06. The van der Waals surface area contributed by atoms with Crippen molar-refractivity contribution in [1.29, 1.82) is 0 Å². The molecule has 5 nitrogen and oxygen atoms in total. The number of aryl methyl sites for hydroxylation is 2. The van der Waals surface area contributed by atoms with Gasteiger partial charge in [0.15, 0.2) is 0 Å². The van der Waals surface area contributed by atoms with Crippen molar-refractivity contribution in [3.05, 3.63) is 47.2 Å². The minimum atomic E-state index is -1.02. The Morgan fingerprint density at radius 2 is 2.00 bits per heavy atom. The second-order valence-electron chi connectivity index (χ2n) is 5.33. The molecule has 0 aliphatic heterocycles.